The van der Waals surface area contributed by atoms with Crippen LogP contribution in [0.3, 0.4) is 0 Å². The Morgan fingerprint density at radius 2 is 1.58 bits per heavy atom. The van der Waals surface area contributed by atoms with E-state index in [-0.39, 0.29) is 5.41 Å². The van der Waals surface area contributed by atoms with Gasteiger partial charge in [-0.15, -0.1) is 0 Å². The van der Waals surface area contributed by atoms with E-state index in [1.807, 2.05) is 0 Å². The Morgan fingerprint density at radius 1 is 0.917 bits per heavy atom. The van der Waals surface area contributed by atoms with Crippen molar-refractivity contribution in [3.8, 4) is 5.75 Å². The van der Waals surface area contributed by atoms with Crippen molar-refractivity contribution in [3.63, 3.8) is 0 Å². The maximum absolute atomic E-state index is 5.97. The fourth-order valence-electron chi connectivity index (χ4n) is 2.70. The van der Waals surface area contributed by atoms with Crippen LogP contribution in [0.15, 0.2) is 42.5 Å². The average molecular weight is 325 g/mol. The number of hydrogen-bond donors (Lipinski definition) is 1. The molecule has 0 amide bonds. The van der Waals surface area contributed by atoms with Gasteiger partial charge in [0.15, 0.2) is 0 Å². The molecule has 0 aromatic heterocycles. The lowest BCUT2D eigenvalue weighted by molar-refractivity contribution is 0.263. The Labute approximate surface area is 147 Å². The second-order valence-electron chi connectivity index (χ2n) is 7.60. The van der Waals surface area contributed by atoms with Crippen molar-refractivity contribution in [3.05, 3.63) is 59.2 Å². The average Bonchev–Trinajstić information content (AvgIpc) is 2.54. The predicted molar refractivity (Wildman–Crippen MR) is 104 cm³/mol. The Bertz CT molecular complexity index is 644. The van der Waals surface area contributed by atoms with Gasteiger partial charge in [-0.1, -0.05) is 43.7 Å². The monoisotopic (exact) mass is 325 g/mol. The third-order valence-electron chi connectivity index (χ3n) is 4.42. The van der Waals surface area contributed by atoms with E-state index in [1.54, 1.807) is 0 Å². The highest BCUT2D eigenvalue weighted by molar-refractivity contribution is 5.44. The van der Waals surface area contributed by atoms with E-state index in [0.29, 0.717) is 0 Å². The summed E-state index contributed by atoms with van der Waals surface area (Å²) in [7, 11) is 0. The van der Waals surface area contributed by atoms with E-state index in [2.05, 4.69) is 82.4 Å². The minimum atomic E-state index is 0.246. The van der Waals surface area contributed by atoms with Gasteiger partial charge in [-0.3, -0.25) is 0 Å². The van der Waals surface area contributed by atoms with Gasteiger partial charge < -0.3 is 10.1 Å². The molecular weight excluding hydrogens is 294 g/mol. The molecular formula is C22H31NO. The van der Waals surface area contributed by atoms with Crippen LogP contribution in [0.5, 0.6) is 5.75 Å². The summed E-state index contributed by atoms with van der Waals surface area (Å²) in [5.41, 5.74) is 5.19. The minimum Gasteiger partial charge on any atom is -0.493 e. The molecule has 0 spiro atoms. The summed E-state index contributed by atoms with van der Waals surface area (Å²) in [6.07, 6.45) is 2.20. The summed E-state index contributed by atoms with van der Waals surface area (Å²) in [6.45, 7) is 12.7. The highest BCUT2D eigenvalue weighted by Gasteiger charge is 2.17. The second-order valence-corrected chi connectivity index (χ2v) is 7.60. The van der Waals surface area contributed by atoms with Crippen molar-refractivity contribution in [1.82, 2.24) is 0 Å². The molecule has 0 heterocycles. The molecule has 2 rings (SSSR count). The molecule has 0 saturated carbocycles. The van der Waals surface area contributed by atoms with Crippen LogP contribution in [0, 0.1) is 26.2 Å². The van der Waals surface area contributed by atoms with Gasteiger partial charge in [0, 0.05) is 12.2 Å². The van der Waals surface area contributed by atoms with Crippen LogP contribution in [0.4, 0.5) is 5.69 Å². The fourth-order valence-corrected chi connectivity index (χ4v) is 2.70. The van der Waals surface area contributed by atoms with Crippen LogP contribution < -0.4 is 10.1 Å². The zero-order chi connectivity index (χ0) is 17.6. The van der Waals surface area contributed by atoms with Gasteiger partial charge in [-0.2, -0.15) is 0 Å². The van der Waals surface area contributed by atoms with Crippen LogP contribution >= 0.6 is 0 Å². The van der Waals surface area contributed by atoms with Crippen molar-refractivity contribution >= 4 is 5.69 Å². The van der Waals surface area contributed by atoms with Gasteiger partial charge in [-0.05, 0) is 68.4 Å². The van der Waals surface area contributed by atoms with Crippen LogP contribution in [0.1, 0.15) is 43.4 Å². The van der Waals surface area contributed by atoms with Gasteiger partial charge in [0.2, 0.25) is 0 Å². The van der Waals surface area contributed by atoms with Crippen molar-refractivity contribution < 1.29 is 4.74 Å². The Hall–Kier alpha value is -1.96. The molecule has 2 heteroatoms. The lowest BCUT2D eigenvalue weighted by Gasteiger charge is -2.25. The van der Waals surface area contributed by atoms with E-state index in [1.165, 1.54) is 22.4 Å². The Kier molecular flexibility index (Phi) is 6.30. The Morgan fingerprint density at radius 3 is 2.29 bits per heavy atom. The highest BCUT2D eigenvalue weighted by Crippen LogP contribution is 2.24. The quantitative estimate of drug-likeness (QED) is 0.609. The van der Waals surface area contributed by atoms with Crippen molar-refractivity contribution in [2.45, 2.75) is 47.5 Å². The zero-order valence-corrected chi connectivity index (χ0v) is 15.8. The molecule has 2 nitrogen and oxygen atoms in total. The summed E-state index contributed by atoms with van der Waals surface area (Å²) in [5.74, 6) is 1.02. The summed E-state index contributed by atoms with van der Waals surface area (Å²) in [4.78, 5) is 0. The molecule has 0 aliphatic carbocycles. The molecule has 130 valence electrons. The van der Waals surface area contributed by atoms with E-state index >= 15 is 0 Å². The maximum atomic E-state index is 5.97. The molecule has 1 N–H and O–H groups in total. The molecule has 0 fully saturated rings. The molecule has 0 bridgehead atoms. The number of ether oxygens (including phenoxy) is 1. The van der Waals surface area contributed by atoms with E-state index < -0.39 is 0 Å². The summed E-state index contributed by atoms with van der Waals surface area (Å²) >= 11 is 0. The molecule has 0 aliphatic rings. The number of rotatable bonds is 8. The summed E-state index contributed by atoms with van der Waals surface area (Å²) < 4.78 is 5.97. The first-order valence-electron chi connectivity index (χ1n) is 8.86. The van der Waals surface area contributed by atoms with Crippen molar-refractivity contribution in [1.29, 1.82) is 0 Å². The SMILES string of the molecule is Cc1ccc(NCC(C)(C)CCCOc2cc(C)ccc2C)cc1. The molecule has 0 saturated heterocycles. The normalized spacial score (nSPS) is 11.4. The van der Waals surface area contributed by atoms with Gasteiger partial charge in [0.05, 0.1) is 6.61 Å². The van der Waals surface area contributed by atoms with Crippen LogP contribution in [0.25, 0.3) is 0 Å². The van der Waals surface area contributed by atoms with Gasteiger partial charge in [-0.25, -0.2) is 0 Å². The number of benzene rings is 2. The number of anilines is 1. The van der Waals surface area contributed by atoms with E-state index in [4.69, 9.17) is 4.74 Å². The largest absolute Gasteiger partial charge is 0.493 e. The van der Waals surface area contributed by atoms with Crippen LogP contribution in [0.2, 0.25) is 0 Å². The van der Waals surface area contributed by atoms with Gasteiger partial charge >= 0.3 is 0 Å². The fraction of sp³-hybridized carbons (Fsp3) is 0.455. The third kappa shape index (κ3) is 5.92. The van der Waals surface area contributed by atoms with Crippen molar-refractivity contribution in [2.75, 3.05) is 18.5 Å². The van der Waals surface area contributed by atoms with Gasteiger partial charge in [0.1, 0.15) is 5.75 Å². The third-order valence-corrected chi connectivity index (χ3v) is 4.42. The van der Waals surface area contributed by atoms with Crippen LogP contribution in [-0.2, 0) is 0 Å². The first kappa shape index (κ1) is 18.4. The molecule has 0 unspecified atom stereocenters. The first-order chi connectivity index (χ1) is 11.4. The van der Waals surface area contributed by atoms with Crippen LogP contribution in [-0.4, -0.2) is 13.2 Å². The molecule has 2 aromatic rings. The molecule has 0 atom stereocenters. The van der Waals surface area contributed by atoms with E-state index in [9.17, 15) is 0 Å². The predicted octanol–water partition coefficient (Wildman–Crippen LogP) is 5.91. The lowest BCUT2D eigenvalue weighted by atomic mass is 9.88. The van der Waals surface area contributed by atoms with Gasteiger partial charge in [0.25, 0.3) is 0 Å². The minimum absolute atomic E-state index is 0.246. The topological polar surface area (TPSA) is 21.3 Å². The molecule has 2 aromatic carbocycles. The lowest BCUT2D eigenvalue weighted by Crippen LogP contribution is -2.23. The highest BCUT2D eigenvalue weighted by atomic mass is 16.5. The summed E-state index contributed by atoms with van der Waals surface area (Å²) in [6, 6.07) is 15.0. The molecule has 0 aliphatic heterocycles. The maximum Gasteiger partial charge on any atom is 0.122 e. The standard InChI is InChI=1S/C22H31NO/c1-17-8-11-20(12-9-17)23-16-22(4,5)13-6-14-24-21-15-18(2)7-10-19(21)3/h7-12,15,23H,6,13-14,16H2,1-5H3. The Balaban J connectivity index is 1.74. The second kappa shape index (κ2) is 8.23. The molecule has 24 heavy (non-hydrogen) atoms. The summed E-state index contributed by atoms with van der Waals surface area (Å²) in [5, 5.41) is 3.55. The van der Waals surface area contributed by atoms with E-state index in [0.717, 1.165) is 31.7 Å². The van der Waals surface area contributed by atoms with Crippen molar-refractivity contribution in [2.24, 2.45) is 5.41 Å². The number of aryl methyl sites for hydroxylation is 3. The first-order valence-corrected chi connectivity index (χ1v) is 8.86. The number of hydrogen-bond acceptors (Lipinski definition) is 2. The smallest absolute Gasteiger partial charge is 0.122 e. The number of nitrogens with one attached hydrogen (secondary N) is 1. The molecule has 0 radical (unpaired) electrons. The zero-order valence-electron chi connectivity index (χ0n) is 15.8.